The molecule has 0 aromatic heterocycles. The quantitative estimate of drug-likeness (QED) is 0.599. The smallest absolute Gasteiger partial charge is 0.000252 e. The van der Waals surface area contributed by atoms with E-state index in [-0.39, 0.29) is 0 Å². The summed E-state index contributed by atoms with van der Waals surface area (Å²) in [7, 11) is 0. The fraction of sp³-hybridized carbons (Fsp3) is 1.00. The van der Waals surface area contributed by atoms with Gasteiger partial charge in [-0.2, -0.15) is 0 Å². The second kappa shape index (κ2) is 6.42. The monoisotopic (exact) mass is 185 g/mol. The van der Waals surface area contributed by atoms with Gasteiger partial charge in [0.15, 0.2) is 0 Å². The molecule has 0 bridgehead atoms. The van der Waals surface area contributed by atoms with Crippen LogP contribution in [0.2, 0.25) is 0 Å². The molecule has 80 valence electrons. The Morgan fingerprint density at radius 2 is 1.85 bits per heavy atom. The zero-order valence-corrected chi connectivity index (χ0v) is 10.1. The molecule has 0 spiro atoms. The van der Waals surface area contributed by atoms with E-state index in [4.69, 9.17) is 0 Å². The van der Waals surface area contributed by atoms with Crippen LogP contribution in [0.25, 0.3) is 0 Å². The second-order valence-corrected chi connectivity index (χ2v) is 5.27. The minimum absolute atomic E-state index is 0.478. The zero-order chi connectivity index (χ0) is 10.3. The van der Waals surface area contributed by atoms with Crippen LogP contribution in [0.5, 0.6) is 0 Å². The van der Waals surface area contributed by atoms with Gasteiger partial charge in [-0.15, -0.1) is 0 Å². The Kier molecular flexibility index (Phi) is 6.40. The summed E-state index contributed by atoms with van der Waals surface area (Å²) in [6.07, 6.45) is 3.91. The van der Waals surface area contributed by atoms with Crippen molar-refractivity contribution in [2.75, 3.05) is 13.1 Å². The van der Waals surface area contributed by atoms with Crippen LogP contribution in [-0.2, 0) is 0 Å². The highest BCUT2D eigenvalue weighted by molar-refractivity contribution is 4.70. The van der Waals surface area contributed by atoms with Crippen molar-refractivity contribution in [3.05, 3.63) is 0 Å². The number of nitrogens with one attached hydrogen (secondary N) is 1. The van der Waals surface area contributed by atoms with Crippen LogP contribution in [0.4, 0.5) is 0 Å². The highest BCUT2D eigenvalue weighted by Gasteiger charge is 2.15. The number of hydrogen-bond acceptors (Lipinski definition) is 1. The third kappa shape index (κ3) is 8.29. The van der Waals surface area contributed by atoms with E-state index >= 15 is 0 Å². The van der Waals surface area contributed by atoms with Gasteiger partial charge in [0, 0.05) is 6.54 Å². The molecule has 0 heterocycles. The van der Waals surface area contributed by atoms with Crippen molar-refractivity contribution >= 4 is 0 Å². The molecule has 0 fully saturated rings. The Morgan fingerprint density at radius 1 is 1.23 bits per heavy atom. The lowest BCUT2D eigenvalue weighted by Gasteiger charge is -2.24. The van der Waals surface area contributed by atoms with Gasteiger partial charge < -0.3 is 5.32 Å². The largest absolute Gasteiger partial charge is 0.316 e. The molecule has 0 saturated heterocycles. The van der Waals surface area contributed by atoms with E-state index in [1.807, 2.05) is 0 Å². The maximum Gasteiger partial charge on any atom is 0.000252 e. The first-order chi connectivity index (χ1) is 5.98. The van der Waals surface area contributed by atoms with Crippen molar-refractivity contribution in [1.82, 2.24) is 5.32 Å². The highest BCUT2D eigenvalue weighted by Crippen LogP contribution is 2.20. The fourth-order valence-corrected chi connectivity index (χ4v) is 1.58. The molecule has 0 rings (SSSR count). The van der Waals surface area contributed by atoms with Crippen molar-refractivity contribution in [2.45, 2.75) is 53.9 Å². The van der Waals surface area contributed by atoms with Gasteiger partial charge in [-0.1, -0.05) is 41.0 Å². The van der Waals surface area contributed by atoms with Crippen LogP contribution in [0.15, 0.2) is 0 Å². The van der Waals surface area contributed by atoms with Gasteiger partial charge >= 0.3 is 0 Å². The van der Waals surface area contributed by atoms with Gasteiger partial charge in [0.2, 0.25) is 0 Å². The summed E-state index contributed by atoms with van der Waals surface area (Å²) in [6, 6.07) is 0. The molecule has 0 saturated carbocycles. The van der Waals surface area contributed by atoms with Crippen molar-refractivity contribution < 1.29 is 0 Å². The lowest BCUT2D eigenvalue weighted by Crippen LogP contribution is -2.30. The summed E-state index contributed by atoms with van der Waals surface area (Å²) < 4.78 is 0. The summed E-state index contributed by atoms with van der Waals surface area (Å²) in [5.41, 5.74) is 0.478. The predicted molar refractivity (Wildman–Crippen MR) is 61.0 cm³/mol. The molecule has 1 heteroatoms. The Morgan fingerprint density at radius 3 is 2.31 bits per heavy atom. The van der Waals surface area contributed by atoms with Gasteiger partial charge in [-0.25, -0.2) is 0 Å². The SMILES string of the molecule is CCCC(C)(C)CNCCC(C)C. The van der Waals surface area contributed by atoms with Crippen LogP contribution >= 0.6 is 0 Å². The minimum atomic E-state index is 0.478. The standard InChI is InChI=1S/C12H27N/c1-6-8-12(4,5)10-13-9-7-11(2)3/h11,13H,6-10H2,1-5H3. The normalized spacial score (nSPS) is 12.5. The summed E-state index contributed by atoms with van der Waals surface area (Å²) >= 11 is 0. The first-order valence-electron chi connectivity index (χ1n) is 5.68. The molecular weight excluding hydrogens is 158 g/mol. The van der Waals surface area contributed by atoms with Crippen molar-refractivity contribution in [3.63, 3.8) is 0 Å². The second-order valence-electron chi connectivity index (χ2n) is 5.27. The molecule has 0 aromatic rings. The van der Waals surface area contributed by atoms with E-state index in [1.54, 1.807) is 0 Å². The maximum absolute atomic E-state index is 3.54. The molecule has 0 aliphatic rings. The number of hydrogen-bond donors (Lipinski definition) is 1. The predicted octanol–water partition coefficient (Wildman–Crippen LogP) is 3.45. The molecule has 0 aliphatic carbocycles. The molecule has 0 aliphatic heterocycles. The molecule has 1 N–H and O–H groups in total. The molecule has 0 atom stereocenters. The first-order valence-corrected chi connectivity index (χ1v) is 5.68. The van der Waals surface area contributed by atoms with Crippen LogP contribution in [0.3, 0.4) is 0 Å². The van der Waals surface area contributed by atoms with Crippen LogP contribution in [-0.4, -0.2) is 13.1 Å². The van der Waals surface area contributed by atoms with E-state index in [2.05, 4.69) is 39.9 Å². The Hall–Kier alpha value is -0.0400. The molecule has 0 aromatic carbocycles. The summed E-state index contributed by atoms with van der Waals surface area (Å²) in [5.74, 6) is 0.821. The van der Waals surface area contributed by atoms with Gasteiger partial charge in [-0.3, -0.25) is 0 Å². The molecule has 1 nitrogen and oxygen atoms in total. The third-order valence-electron chi connectivity index (χ3n) is 2.43. The Labute approximate surface area is 84.3 Å². The molecular formula is C12H27N. The topological polar surface area (TPSA) is 12.0 Å². The van der Waals surface area contributed by atoms with Crippen LogP contribution in [0, 0.1) is 11.3 Å². The maximum atomic E-state index is 3.54. The van der Waals surface area contributed by atoms with E-state index in [9.17, 15) is 0 Å². The lowest BCUT2D eigenvalue weighted by atomic mass is 9.88. The summed E-state index contributed by atoms with van der Waals surface area (Å²) in [4.78, 5) is 0. The lowest BCUT2D eigenvalue weighted by molar-refractivity contribution is 0.308. The van der Waals surface area contributed by atoms with Crippen molar-refractivity contribution in [2.24, 2.45) is 11.3 Å². The van der Waals surface area contributed by atoms with E-state index in [1.165, 1.54) is 25.8 Å². The van der Waals surface area contributed by atoms with E-state index in [0.29, 0.717) is 5.41 Å². The molecule has 13 heavy (non-hydrogen) atoms. The van der Waals surface area contributed by atoms with Crippen molar-refractivity contribution in [1.29, 1.82) is 0 Å². The molecule has 0 unspecified atom stereocenters. The van der Waals surface area contributed by atoms with Gasteiger partial charge in [0.1, 0.15) is 0 Å². The average molecular weight is 185 g/mol. The average Bonchev–Trinajstić information content (AvgIpc) is 1.98. The van der Waals surface area contributed by atoms with Crippen molar-refractivity contribution in [3.8, 4) is 0 Å². The third-order valence-corrected chi connectivity index (χ3v) is 2.43. The van der Waals surface area contributed by atoms with E-state index < -0.39 is 0 Å². The Balaban J connectivity index is 3.40. The zero-order valence-electron chi connectivity index (χ0n) is 10.1. The van der Waals surface area contributed by atoms with Gasteiger partial charge in [0.05, 0.1) is 0 Å². The van der Waals surface area contributed by atoms with Crippen LogP contribution < -0.4 is 5.32 Å². The van der Waals surface area contributed by atoms with Gasteiger partial charge in [0.25, 0.3) is 0 Å². The van der Waals surface area contributed by atoms with Crippen LogP contribution in [0.1, 0.15) is 53.9 Å². The Bertz CT molecular complexity index is 116. The fourth-order valence-electron chi connectivity index (χ4n) is 1.58. The summed E-state index contributed by atoms with van der Waals surface area (Å²) in [6.45, 7) is 13.8. The first kappa shape index (κ1) is 13.0. The molecule has 0 radical (unpaired) electrons. The summed E-state index contributed by atoms with van der Waals surface area (Å²) in [5, 5.41) is 3.54. The number of rotatable bonds is 7. The van der Waals surface area contributed by atoms with Gasteiger partial charge in [-0.05, 0) is 30.7 Å². The minimum Gasteiger partial charge on any atom is -0.316 e. The highest BCUT2D eigenvalue weighted by atomic mass is 14.9. The molecule has 0 amide bonds. The van der Waals surface area contributed by atoms with E-state index in [0.717, 1.165) is 12.5 Å².